The van der Waals surface area contributed by atoms with Crippen LogP contribution in [0.5, 0.6) is 0 Å². The first-order valence-corrected chi connectivity index (χ1v) is 9.92. The molecule has 0 spiro atoms. The molecule has 2 aromatic rings. The van der Waals surface area contributed by atoms with E-state index in [-0.39, 0.29) is 23.8 Å². The summed E-state index contributed by atoms with van der Waals surface area (Å²) in [5.74, 6) is 0.228. The molecule has 8 nitrogen and oxygen atoms in total. The highest BCUT2D eigenvalue weighted by atomic mass is 16.2. The van der Waals surface area contributed by atoms with E-state index in [1.54, 1.807) is 13.2 Å². The Labute approximate surface area is 165 Å². The number of carbonyl (C=O) groups is 2. The molecule has 1 N–H and O–H groups in total. The minimum absolute atomic E-state index is 0.00158. The molecule has 28 heavy (non-hydrogen) atoms. The molecule has 0 saturated carbocycles. The summed E-state index contributed by atoms with van der Waals surface area (Å²) in [5.41, 5.74) is 2.33. The summed E-state index contributed by atoms with van der Waals surface area (Å²) in [5, 5.41) is 7.91. The van der Waals surface area contributed by atoms with Crippen LogP contribution in [0.4, 0.5) is 0 Å². The van der Waals surface area contributed by atoms with Crippen molar-refractivity contribution in [3.8, 4) is 0 Å². The molecular formula is C20H30N6O2. The van der Waals surface area contributed by atoms with Crippen molar-refractivity contribution in [2.45, 2.75) is 39.7 Å². The highest BCUT2D eigenvalue weighted by Crippen LogP contribution is 2.25. The van der Waals surface area contributed by atoms with Gasteiger partial charge in [0.25, 0.3) is 5.91 Å². The minimum Gasteiger partial charge on any atom is -0.358 e. The van der Waals surface area contributed by atoms with E-state index < -0.39 is 0 Å². The number of rotatable bonds is 5. The first-order chi connectivity index (χ1) is 13.3. The Morgan fingerprint density at radius 2 is 1.82 bits per heavy atom. The maximum absolute atomic E-state index is 13.3. The molecule has 3 rings (SSSR count). The summed E-state index contributed by atoms with van der Waals surface area (Å²) < 4.78 is 1.87. The maximum Gasteiger partial charge on any atom is 0.254 e. The van der Waals surface area contributed by atoms with Crippen LogP contribution >= 0.6 is 0 Å². The van der Waals surface area contributed by atoms with Crippen LogP contribution in [0.15, 0.2) is 12.3 Å². The lowest BCUT2D eigenvalue weighted by Gasteiger charge is -2.34. The molecule has 0 aliphatic carbocycles. The van der Waals surface area contributed by atoms with Crippen LogP contribution in [0, 0.1) is 0 Å². The second-order valence-electron chi connectivity index (χ2n) is 7.91. The van der Waals surface area contributed by atoms with Crippen molar-refractivity contribution in [3.05, 3.63) is 23.5 Å². The molecule has 3 heterocycles. The molecule has 152 valence electrons. The van der Waals surface area contributed by atoms with Gasteiger partial charge in [-0.15, -0.1) is 0 Å². The van der Waals surface area contributed by atoms with E-state index in [0.717, 1.165) is 16.7 Å². The van der Waals surface area contributed by atoms with Gasteiger partial charge in [0.1, 0.15) is 0 Å². The highest BCUT2D eigenvalue weighted by Gasteiger charge is 2.26. The smallest absolute Gasteiger partial charge is 0.254 e. The number of likely N-dealkylation sites (N-methyl/N-ethyl adjacent to an activating group) is 1. The van der Waals surface area contributed by atoms with Crippen LogP contribution < -0.4 is 5.32 Å². The van der Waals surface area contributed by atoms with Crippen molar-refractivity contribution in [1.82, 2.24) is 29.9 Å². The number of carbonyl (C=O) groups excluding carboxylic acids is 2. The Morgan fingerprint density at radius 3 is 2.39 bits per heavy atom. The Hall–Kier alpha value is -2.48. The van der Waals surface area contributed by atoms with Crippen LogP contribution in [0.2, 0.25) is 0 Å². The molecule has 1 aliphatic heterocycles. The number of pyridine rings is 1. The number of hydrogen-bond acceptors (Lipinski definition) is 5. The third kappa shape index (κ3) is 4.01. The maximum atomic E-state index is 13.3. The number of aromatic nitrogens is 3. The fourth-order valence-corrected chi connectivity index (χ4v) is 3.45. The van der Waals surface area contributed by atoms with Crippen molar-refractivity contribution in [2.24, 2.45) is 0 Å². The number of amides is 2. The molecule has 0 radical (unpaired) electrons. The van der Waals surface area contributed by atoms with Crippen molar-refractivity contribution >= 4 is 22.8 Å². The van der Waals surface area contributed by atoms with Gasteiger partial charge in [0.15, 0.2) is 5.65 Å². The van der Waals surface area contributed by atoms with Crippen molar-refractivity contribution in [2.75, 3.05) is 39.8 Å². The van der Waals surface area contributed by atoms with Crippen molar-refractivity contribution in [3.63, 3.8) is 0 Å². The highest BCUT2D eigenvalue weighted by molar-refractivity contribution is 6.05. The lowest BCUT2D eigenvalue weighted by Crippen LogP contribution is -2.50. The zero-order chi connectivity index (χ0) is 20.4. The zero-order valence-electron chi connectivity index (χ0n) is 17.4. The molecule has 2 aromatic heterocycles. The van der Waals surface area contributed by atoms with E-state index in [1.165, 1.54) is 0 Å². The standard InChI is InChI=1S/C20H30N6O2/c1-13(2)17-10-15(16-11-22-26(14(3)4)19(16)23-17)20(28)25-8-6-24(7-9-25)12-18(27)21-5/h10-11,13-14H,6-9,12H2,1-5H3,(H,21,27). The fraction of sp³-hybridized carbons (Fsp3) is 0.600. The van der Waals surface area contributed by atoms with E-state index in [2.05, 4.69) is 43.0 Å². The molecule has 0 unspecified atom stereocenters. The monoisotopic (exact) mass is 386 g/mol. The minimum atomic E-state index is -0.00158. The van der Waals surface area contributed by atoms with E-state index in [0.29, 0.717) is 38.3 Å². The zero-order valence-corrected chi connectivity index (χ0v) is 17.4. The number of fused-ring (bicyclic) bond motifs is 1. The molecule has 1 fully saturated rings. The molecule has 0 bridgehead atoms. The number of nitrogens with zero attached hydrogens (tertiary/aromatic N) is 5. The van der Waals surface area contributed by atoms with E-state index in [4.69, 9.17) is 4.98 Å². The summed E-state index contributed by atoms with van der Waals surface area (Å²) >= 11 is 0. The van der Waals surface area contributed by atoms with E-state index in [9.17, 15) is 9.59 Å². The van der Waals surface area contributed by atoms with E-state index >= 15 is 0 Å². The number of hydrogen-bond donors (Lipinski definition) is 1. The average Bonchev–Trinajstić information content (AvgIpc) is 3.11. The largest absolute Gasteiger partial charge is 0.358 e. The van der Waals surface area contributed by atoms with Gasteiger partial charge in [0, 0.05) is 45.0 Å². The summed E-state index contributed by atoms with van der Waals surface area (Å²) in [4.78, 5) is 33.6. The van der Waals surface area contributed by atoms with Crippen LogP contribution in [-0.2, 0) is 4.79 Å². The lowest BCUT2D eigenvalue weighted by atomic mass is 10.0. The fourth-order valence-electron chi connectivity index (χ4n) is 3.45. The Kier molecular flexibility index (Phi) is 5.98. The predicted molar refractivity (Wildman–Crippen MR) is 108 cm³/mol. The molecule has 0 aromatic carbocycles. The second-order valence-corrected chi connectivity index (χ2v) is 7.91. The van der Waals surface area contributed by atoms with Gasteiger partial charge >= 0.3 is 0 Å². The molecular weight excluding hydrogens is 356 g/mol. The summed E-state index contributed by atoms with van der Waals surface area (Å²) in [6.45, 7) is 11.2. The summed E-state index contributed by atoms with van der Waals surface area (Å²) in [7, 11) is 1.64. The SMILES string of the molecule is CNC(=O)CN1CCN(C(=O)c2cc(C(C)C)nc3c2cnn3C(C)C)CC1. The second kappa shape index (κ2) is 8.26. The quantitative estimate of drug-likeness (QED) is 0.845. The lowest BCUT2D eigenvalue weighted by molar-refractivity contribution is -0.122. The van der Waals surface area contributed by atoms with Crippen LogP contribution in [0.3, 0.4) is 0 Å². The van der Waals surface area contributed by atoms with Gasteiger partial charge < -0.3 is 10.2 Å². The molecule has 2 amide bonds. The third-order valence-corrected chi connectivity index (χ3v) is 5.20. The van der Waals surface area contributed by atoms with Gasteiger partial charge in [0.05, 0.1) is 23.7 Å². The van der Waals surface area contributed by atoms with E-state index in [1.807, 2.05) is 15.6 Å². The molecule has 1 aliphatic rings. The van der Waals surface area contributed by atoms with Crippen molar-refractivity contribution < 1.29 is 9.59 Å². The first kappa shape index (κ1) is 20.3. The summed E-state index contributed by atoms with van der Waals surface area (Å²) in [6, 6.07) is 2.09. The van der Waals surface area contributed by atoms with Crippen molar-refractivity contribution in [1.29, 1.82) is 0 Å². The predicted octanol–water partition coefficient (Wildman–Crippen LogP) is 1.64. The Bertz CT molecular complexity index is 865. The first-order valence-electron chi connectivity index (χ1n) is 9.92. The Balaban J connectivity index is 1.86. The van der Waals surface area contributed by atoms with Gasteiger partial charge in [-0.3, -0.25) is 14.5 Å². The molecule has 1 saturated heterocycles. The number of piperazine rings is 1. The van der Waals surface area contributed by atoms with Gasteiger partial charge in [0.2, 0.25) is 5.91 Å². The topological polar surface area (TPSA) is 83.4 Å². The van der Waals surface area contributed by atoms with Crippen LogP contribution in [0.25, 0.3) is 11.0 Å². The normalized spacial score (nSPS) is 15.6. The van der Waals surface area contributed by atoms with Gasteiger partial charge in [-0.25, -0.2) is 9.67 Å². The van der Waals surface area contributed by atoms with Gasteiger partial charge in [-0.05, 0) is 25.8 Å². The molecule has 8 heteroatoms. The summed E-state index contributed by atoms with van der Waals surface area (Å²) in [6.07, 6.45) is 1.75. The van der Waals surface area contributed by atoms with Crippen LogP contribution in [0.1, 0.15) is 55.7 Å². The van der Waals surface area contributed by atoms with Gasteiger partial charge in [-0.1, -0.05) is 13.8 Å². The average molecular weight is 387 g/mol. The number of nitrogens with one attached hydrogen (secondary N) is 1. The van der Waals surface area contributed by atoms with Gasteiger partial charge in [-0.2, -0.15) is 5.10 Å². The molecule has 0 atom stereocenters. The third-order valence-electron chi connectivity index (χ3n) is 5.20. The van der Waals surface area contributed by atoms with Crippen LogP contribution in [-0.4, -0.2) is 76.2 Å². The Morgan fingerprint density at radius 1 is 1.14 bits per heavy atom.